The molecule has 21 heavy (non-hydrogen) atoms. The second-order valence-electron chi connectivity index (χ2n) is 3.76. The van der Waals surface area contributed by atoms with Gasteiger partial charge in [0.05, 0.1) is 8.81 Å². The molecule has 1 aromatic carbocycles. The van der Waals surface area contributed by atoms with Crippen molar-refractivity contribution in [2.75, 3.05) is 11.3 Å². The van der Waals surface area contributed by atoms with Crippen molar-refractivity contribution in [2.45, 2.75) is 4.21 Å². The van der Waals surface area contributed by atoms with Gasteiger partial charge in [0.25, 0.3) is 10.0 Å². The zero-order valence-electron chi connectivity index (χ0n) is 10.3. The smallest absolute Gasteiger partial charge is 0.271 e. The average Bonchev–Trinajstić information content (AvgIpc) is 2.78. The maximum atomic E-state index is 12.2. The highest BCUT2D eigenvalue weighted by molar-refractivity contribution is 9.11. The van der Waals surface area contributed by atoms with E-state index in [9.17, 15) is 8.42 Å². The standard InChI is InChI=1S/C12H8BrClN2O3S2/c13-12-10(14)7-11(20-12)21(17,18)16-8-1-3-9(4-2-8)19-6-5-15/h1-4,7,16H,6H2. The number of nitriles is 1. The summed E-state index contributed by atoms with van der Waals surface area (Å²) in [5.74, 6) is 0.487. The van der Waals surface area contributed by atoms with Gasteiger partial charge in [0, 0.05) is 5.69 Å². The molecule has 0 saturated heterocycles. The van der Waals surface area contributed by atoms with Crippen molar-refractivity contribution in [3.8, 4) is 11.8 Å². The van der Waals surface area contributed by atoms with Crippen LogP contribution in [0.3, 0.4) is 0 Å². The molecule has 110 valence electrons. The van der Waals surface area contributed by atoms with E-state index in [0.717, 1.165) is 11.3 Å². The van der Waals surface area contributed by atoms with Crippen LogP contribution in [0.15, 0.2) is 38.3 Å². The fourth-order valence-electron chi connectivity index (χ4n) is 1.40. The summed E-state index contributed by atoms with van der Waals surface area (Å²) < 4.78 is 32.5. The van der Waals surface area contributed by atoms with Gasteiger partial charge in [0.2, 0.25) is 0 Å². The summed E-state index contributed by atoms with van der Waals surface area (Å²) >= 11 is 10.0. The lowest BCUT2D eigenvalue weighted by atomic mass is 10.3. The summed E-state index contributed by atoms with van der Waals surface area (Å²) in [5.41, 5.74) is 0.389. The first-order valence-corrected chi connectivity index (χ1v) is 8.97. The van der Waals surface area contributed by atoms with Gasteiger partial charge in [0.15, 0.2) is 6.61 Å². The van der Waals surface area contributed by atoms with Crippen LogP contribution in [0.25, 0.3) is 0 Å². The Bertz CT molecular complexity index is 762. The van der Waals surface area contributed by atoms with Crippen LogP contribution in [-0.2, 0) is 10.0 Å². The number of hydrogen-bond donors (Lipinski definition) is 1. The first-order chi connectivity index (χ1) is 9.92. The van der Waals surface area contributed by atoms with Gasteiger partial charge in [-0.1, -0.05) is 11.6 Å². The van der Waals surface area contributed by atoms with Gasteiger partial charge in [-0.25, -0.2) is 8.42 Å². The Hall–Kier alpha value is -1.27. The second-order valence-corrected chi connectivity index (χ2v) is 8.45. The van der Waals surface area contributed by atoms with Crippen molar-refractivity contribution in [3.63, 3.8) is 0 Å². The number of anilines is 1. The van der Waals surface area contributed by atoms with E-state index in [1.54, 1.807) is 24.3 Å². The number of hydrogen-bond acceptors (Lipinski definition) is 5. The molecule has 0 unspecified atom stereocenters. The van der Waals surface area contributed by atoms with Gasteiger partial charge >= 0.3 is 0 Å². The second kappa shape index (κ2) is 6.66. The topological polar surface area (TPSA) is 79.2 Å². The minimum absolute atomic E-state index is 0.0627. The molecular formula is C12H8BrClN2O3S2. The number of thiophene rings is 1. The molecule has 0 radical (unpaired) electrons. The maximum Gasteiger partial charge on any atom is 0.271 e. The maximum absolute atomic E-state index is 12.2. The molecule has 0 aliphatic heterocycles. The average molecular weight is 408 g/mol. The molecular weight excluding hydrogens is 400 g/mol. The van der Waals surface area contributed by atoms with Crippen molar-refractivity contribution in [3.05, 3.63) is 39.1 Å². The molecule has 2 aromatic rings. The predicted octanol–water partition coefficient (Wildman–Crippen LogP) is 3.87. The van der Waals surface area contributed by atoms with Gasteiger partial charge in [-0.2, -0.15) is 5.26 Å². The lowest BCUT2D eigenvalue weighted by molar-refractivity contribution is 0.368. The van der Waals surface area contributed by atoms with Crippen LogP contribution in [0.2, 0.25) is 5.02 Å². The Morgan fingerprint density at radius 2 is 2.05 bits per heavy atom. The summed E-state index contributed by atoms with van der Waals surface area (Å²) in [6.07, 6.45) is 0. The minimum atomic E-state index is -3.68. The lowest BCUT2D eigenvalue weighted by Gasteiger charge is -2.07. The van der Waals surface area contributed by atoms with Crippen LogP contribution in [-0.4, -0.2) is 15.0 Å². The molecule has 1 aromatic heterocycles. The van der Waals surface area contributed by atoms with E-state index in [2.05, 4.69) is 20.7 Å². The summed E-state index contributed by atoms with van der Waals surface area (Å²) in [6.45, 7) is -0.0627. The summed E-state index contributed by atoms with van der Waals surface area (Å²) in [4.78, 5) is 0. The first kappa shape index (κ1) is 16.1. The van der Waals surface area contributed by atoms with Crippen LogP contribution in [0.1, 0.15) is 0 Å². The quantitative estimate of drug-likeness (QED) is 0.816. The number of halogens is 2. The first-order valence-electron chi connectivity index (χ1n) is 5.50. The fraction of sp³-hybridized carbons (Fsp3) is 0.0833. The SMILES string of the molecule is N#CCOc1ccc(NS(=O)(=O)c2cc(Cl)c(Br)s2)cc1. The van der Waals surface area contributed by atoms with Crippen molar-refractivity contribution >= 4 is 54.6 Å². The fourth-order valence-corrected chi connectivity index (χ4v) is 4.86. The lowest BCUT2D eigenvalue weighted by Crippen LogP contribution is -2.11. The Morgan fingerprint density at radius 3 is 2.57 bits per heavy atom. The Labute approximate surface area is 139 Å². The number of ether oxygens (including phenoxy) is 1. The molecule has 0 spiro atoms. The summed E-state index contributed by atoms with van der Waals surface area (Å²) in [5, 5.41) is 8.75. The number of sulfonamides is 1. The van der Waals surface area contributed by atoms with Gasteiger partial charge in [-0.3, -0.25) is 4.72 Å². The largest absolute Gasteiger partial charge is 0.479 e. The molecule has 0 atom stereocenters. The van der Waals surface area contributed by atoms with Crippen LogP contribution in [0, 0.1) is 11.3 Å². The monoisotopic (exact) mass is 406 g/mol. The Balaban J connectivity index is 2.15. The molecule has 0 aliphatic carbocycles. The molecule has 0 amide bonds. The van der Waals surface area contributed by atoms with Crippen LogP contribution in [0.4, 0.5) is 5.69 Å². The zero-order chi connectivity index (χ0) is 15.5. The summed E-state index contributed by atoms with van der Waals surface area (Å²) in [6, 6.07) is 9.48. The van der Waals surface area contributed by atoms with Gasteiger partial charge < -0.3 is 4.74 Å². The Morgan fingerprint density at radius 1 is 1.38 bits per heavy atom. The number of nitrogens with zero attached hydrogens (tertiary/aromatic N) is 1. The van der Waals surface area contributed by atoms with E-state index >= 15 is 0 Å². The highest BCUT2D eigenvalue weighted by atomic mass is 79.9. The number of benzene rings is 1. The predicted molar refractivity (Wildman–Crippen MR) is 85.4 cm³/mol. The zero-order valence-corrected chi connectivity index (χ0v) is 14.3. The van der Waals surface area contributed by atoms with E-state index < -0.39 is 10.0 Å². The van der Waals surface area contributed by atoms with Gasteiger partial charge in [-0.05, 0) is 46.3 Å². The van der Waals surface area contributed by atoms with Crippen molar-refractivity contribution in [1.29, 1.82) is 5.26 Å². The number of rotatable bonds is 5. The van der Waals surface area contributed by atoms with Crippen molar-refractivity contribution < 1.29 is 13.2 Å². The van der Waals surface area contributed by atoms with Crippen molar-refractivity contribution in [1.82, 2.24) is 0 Å². The third-order valence-corrected chi connectivity index (χ3v) is 6.63. The van der Waals surface area contributed by atoms with Gasteiger partial charge in [0.1, 0.15) is 16.0 Å². The molecule has 1 heterocycles. The van der Waals surface area contributed by atoms with E-state index in [1.807, 2.05) is 6.07 Å². The van der Waals surface area contributed by atoms with Gasteiger partial charge in [-0.15, -0.1) is 11.3 Å². The van der Waals surface area contributed by atoms with E-state index in [4.69, 9.17) is 21.6 Å². The minimum Gasteiger partial charge on any atom is -0.479 e. The van der Waals surface area contributed by atoms with E-state index in [0.29, 0.717) is 20.2 Å². The molecule has 9 heteroatoms. The molecule has 2 rings (SSSR count). The van der Waals surface area contributed by atoms with E-state index in [-0.39, 0.29) is 10.8 Å². The molecule has 0 saturated carbocycles. The van der Waals surface area contributed by atoms with Crippen molar-refractivity contribution in [2.24, 2.45) is 0 Å². The molecule has 0 fully saturated rings. The normalized spacial score (nSPS) is 10.9. The third-order valence-electron chi connectivity index (χ3n) is 2.30. The molecule has 5 nitrogen and oxygen atoms in total. The molecule has 0 aliphatic rings. The summed E-state index contributed by atoms with van der Waals surface area (Å²) in [7, 11) is -3.68. The molecule has 1 N–H and O–H groups in total. The van der Waals surface area contributed by atoms with Crippen LogP contribution >= 0.6 is 38.9 Å². The Kier molecular flexibility index (Phi) is 5.11. The highest BCUT2D eigenvalue weighted by Gasteiger charge is 2.19. The van der Waals surface area contributed by atoms with Crippen LogP contribution < -0.4 is 9.46 Å². The van der Waals surface area contributed by atoms with E-state index in [1.165, 1.54) is 6.07 Å². The molecule has 0 bridgehead atoms. The van der Waals surface area contributed by atoms with Crippen LogP contribution in [0.5, 0.6) is 5.75 Å². The third kappa shape index (κ3) is 4.11. The highest BCUT2D eigenvalue weighted by Crippen LogP contribution is 2.35. The number of nitrogens with one attached hydrogen (secondary N) is 1.